The Morgan fingerprint density at radius 2 is 2.42 bits per heavy atom. The number of aliphatic imine (C=N–C) groups is 1. The molecule has 0 aliphatic carbocycles. The van der Waals surface area contributed by atoms with Gasteiger partial charge in [0.15, 0.2) is 11.7 Å². The van der Waals surface area contributed by atoms with Gasteiger partial charge in [-0.1, -0.05) is 18.2 Å². The Bertz CT molecular complexity index is 411. The van der Waals surface area contributed by atoms with Crippen molar-refractivity contribution in [3.63, 3.8) is 0 Å². The molecule has 106 valence electrons. The molecule has 0 bridgehead atoms. The standard InChI is InChI=1S/C14H24N4O/c1-5-7-8-9-18(4)14(15-3)16-11-13-10-12(6-2)17-19-13/h5,10H,1,6-9,11H2,2-4H3,(H,15,16). The van der Waals surface area contributed by atoms with Crippen molar-refractivity contribution in [3.8, 4) is 0 Å². The molecule has 0 amide bonds. The van der Waals surface area contributed by atoms with Crippen molar-refractivity contribution in [1.82, 2.24) is 15.4 Å². The Balaban J connectivity index is 2.41. The topological polar surface area (TPSA) is 53.7 Å². The Hall–Kier alpha value is -1.78. The number of allylic oxidation sites excluding steroid dienone is 1. The molecule has 19 heavy (non-hydrogen) atoms. The van der Waals surface area contributed by atoms with Crippen LogP contribution in [0.25, 0.3) is 0 Å². The predicted octanol–water partition coefficient (Wildman–Crippen LogP) is 2.21. The lowest BCUT2D eigenvalue weighted by atomic mass is 10.3. The molecule has 0 aliphatic heterocycles. The number of nitrogens with zero attached hydrogens (tertiary/aromatic N) is 3. The van der Waals surface area contributed by atoms with E-state index < -0.39 is 0 Å². The molecule has 1 aromatic heterocycles. The minimum absolute atomic E-state index is 0.603. The van der Waals surface area contributed by atoms with Gasteiger partial charge in [0.25, 0.3) is 0 Å². The van der Waals surface area contributed by atoms with Gasteiger partial charge < -0.3 is 14.7 Å². The Morgan fingerprint density at radius 3 is 3.00 bits per heavy atom. The third-order valence-corrected chi connectivity index (χ3v) is 2.87. The van der Waals surface area contributed by atoms with E-state index in [1.165, 1.54) is 0 Å². The fourth-order valence-electron chi connectivity index (χ4n) is 1.74. The number of hydrogen-bond acceptors (Lipinski definition) is 3. The Labute approximate surface area is 115 Å². The second-order valence-electron chi connectivity index (χ2n) is 4.39. The molecule has 0 atom stereocenters. The fraction of sp³-hybridized carbons (Fsp3) is 0.571. The molecule has 0 aliphatic rings. The number of aryl methyl sites for hydroxylation is 1. The van der Waals surface area contributed by atoms with E-state index in [9.17, 15) is 0 Å². The number of unbranched alkanes of at least 4 members (excludes halogenated alkanes) is 1. The number of nitrogens with one attached hydrogen (secondary N) is 1. The molecule has 0 saturated heterocycles. The number of guanidine groups is 1. The molecular weight excluding hydrogens is 240 g/mol. The van der Waals surface area contributed by atoms with Crippen molar-refractivity contribution < 1.29 is 4.52 Å². The third-order valence-electron chi connectivity index (χ3n) is 2.87. The van der Waals surface area contributed by atoms with Crippen LogP contribution in [0.1, 0.15) is 31.2 Å². The van der Waals surface area contributed by atoms with E-state index in [4.69, 9.17) is 4.52 Å². The van der Waals surface area contributed by atoms with Gasteiger partial charge in [0, 0.05) is 26.7 Å². The summed E-state index contributed by atoms with van der Waals surface area (Å²) in [5, 5.41) is 7.23. The quantitative estimate of drug-likeness (QED) is 0.355. The first-order valence-electron chi connectivity index (χ1n) is 6.68. The first-order valence-corrected chi connectivity index (χ1v) is 6.68. The molecule has 0 unspecified atom stereocenters. The minimum Gasteiger partial charge on any atom is -0.359 e. The van der Waals surface area contributed by atoms with E-state index in [2.05, 4.69) is 33.9 Å². The molecule has 5 nitrogen and oxygen atoms in total. The highest BCUT2D eigenvalue weighted by molar-refractivity contribution is 5.79. The van der Waals surface area contributed by atoms with Crippen molar-refractivity contribution >= 4 is 5.96 Å². The van der Waals surface area contributed by atoms with E-state index in [1.54, 1.807) is 7.05 Å². The average Bonchev–Trinajstić information content (AvgIpc) is 2.88. The summed E-state index contributed by atoms with van der Waals surface area (Å²) >= 11 is 0. The molecule has 1 heterocycles. The summed E-state index contributed by atoms with van der Waals surface area (Å²) in [6.45, 7) is 7.33. The third kappa shape index (κ3) is 5.16. The van der Waals surface area contributed by atoms with Crippen LogP contribution in [0.4, 0.5) is 0 Å². The van der Waals surface area contributed by atoms with Crippen LogP contribution in [0.15, 0.2) is 28.2 Å². The van der Waals surface area contributed by atoms with Crippen LogP contribution in [0.3, 0.4) is 0 Å². The van der Waals surface area contributed by atoms with Gasteiger partial charge in [-0.3, -0.25) is 4.99 Å². The van der Waals surface area contributed by atoms with Crippen molar-refractivity contribution in [2.75, 3.05) is 20.6 Å². The van der Waals surface area contributed by atoms with Gasteiger partial charge in [0.05, 0.1) is 12.2 Å². The average molecular weight is 264 g/mol. The number of aromatic nitrogens is 1. The molecule has 0 radical (unpaired) electrons. The summed E-state index contributed by atoms with van der Waals surface area (Å²) < 4.78 is 5.23. The van der Waals surface area contributed by atoms with Gasteiger partial charge in [-0.05, 0) is 19.3 Å². The van der Waals surface area contributed by atoms with Crippen molar-refractivity contribution in [2.45, 2.75) is 32.7 Å². The molecule has 0 fully saturated rings. The van der Waals surface area contributed by atoms with Gasteiger partial charge in [0.2, 0.25) is 0 Å². The van der Waals surface area contributed by atoms with Gasteiger partial charge in [-0.25, -0.2) is 0 Å². The predicted molar refractivity (Wildman–Crippen MR) is 78.1 cm³/mol. The molecule has 0 saturated carbocycles. The summed E-state index contributed by atoms with van der Waals surface area (Å²) in [6.07, 6.45) is 4.91. The zero-order valence-electron chi connectivity index (χ0n) is 12.1. The molecule has 0 aromatic carbocycles. The monoisotopic (exact) mass is 264 g/mol. The van der Waals surface area contributed by atoms with Crippen LogP contribution < -0.4 is 5.32 Å². The number of hydrogen-bond donors (Lipinski definition) is 1. The molecule has 1 rings (SSSR count). The normalized spacial score (nSPS) is 11.4. The fourth-order valence-corrected chi connectivity index (χ4v) is 1.74. The van der Waals surface area contributed by atoms with Crippen LogP contribution in [0.2, 0.25) is 0 Å². The highest BCUT2D eigenvalue weighted by Gasteiger charge is 2.07. The van der Waals surface area contributed by atoms with Crippen molar-refractivity contribution in [3.05, 3.63) is 30.2 Å². The van der Waals surface area contributed by atoms with Gasteiger partial charge in [0.1, 0.15) is 0 Å². The van der Waals surface area contributed by atoms with E-state index >= 15 is 0 Å². The Morgan fingerprint density at radius 1 is 1.63 bits per heavy atom. The highest BCUT2D eigenvalue weighted by Crippen LogP contribution is 2.04. The van der Waals surface area contributed by atoms with Gasteiger partial charge in [-0.15, -0.1) is 6.58 Å². The van der Waals surface area contributed by atoms with Crippen molar-refractivity contribution in [1.29, 1.82) is 0 Å². The number of rotatable bonds is 7. The van der Waals surface area contributed by atoms with Crippen LogP contribution >= 0.6 is 0 Å². The first kappa shape index (κ1) is 15.3. The zero-order chi connectivity index (χ0) is 14.1. The lowest BCUT2D eigenvalue weighted by molar-refractivity contribution is 0.371. The summed E-state index contributed by atoms with van der Waals surface area (Å²) in [5.41, 5.74) is 0.978. The molecular formula is C14H24N4O. The van der Waals surface area contributed by atoms with Crippen LogP contribution in [-0.2, 0) is 13.0 Å². The SMILES string of the molecule is C=CCCCN(C)C(=NC)NCc1cc(CC)no1. The van der Waals surface area contributed by atoms with E-state index in [-0.39, 0.29) is 0 Å². The Kier molecular flexibility index (Phi) is 6.71. The summed E-state index contributed by atoms with van der Waals surface area (Å²) in [4.78, 5) is 6.35. The summed E-state index contributed by atoms with van der Waals surface area (Å²) in [5.74, 6) is 1.69. The van der Waals surface area contributed by atoms with Crippen LogP contribution in [0.5, 0.6) is 0 Å². The van der Waals surface area contributed by atoms with E-state index in [0.29, 0.717) is 6.54 Å². The van der Waals surface area contributed by atoms with Crippen LogP contribution in [-0.4, -0.2) is 36.7 Å². The maximum absolute atomic E-state index is 5.23. The molecule has 0 spiro atoms. The maximum atomic E-state index is 5.23. The first-order chi connectivity index (χ1) is 9.21. The zero-order valence-corrected chi connectivity index (χ0v) is 12.1. The van der Waals surface area contributed by atoms with Crippen LogP contribution in [0, 0.1) is 0 Å². The van der Waals surface area contributed by atoms with E-state index in [0.717, 1.165) is 43.2 Å². The summed E-state index contributed by atoms with van der Waals surface area (Å²) in [7, 11) is 3.81. The molecule has 1 aromatic rings. The second kappa shape index (κ2) is 8.34. The highest BCUT2D eigenvalue weighted by atomic mass is 16.5. The molecule has 5 heteroatoms. The maximum Gasteiger partial charge on any atom is 0.193 e. The second-order valence-corrected chi connectivity index (χ2v) is 4.39. The minimum atomic E-state index is 0.603. The summed E-state index contributed by atoms with van der Waals surface area (Å²) in [6, 6.07) is 1.97. The largest absolute Gasteiger partial charge is 0.359 e. The van der Waals surface area contributed by atoms with Crippen molar-refractivity contribution in [2.24, 2.45) is 4.99 Å². The van der Waals surface area contributed by atoms with Gasteiger partial charge >= 0.3 is 0 Å². The lowest BCUT2D eigenvalue weighted by Gasteiger charge is -2.21. The molecule has 1 N–H and O–H groups in total. The van der Waals surface area contributed by atoms with Gasteiger partial charge in [-0.2, -0.15) is 0 Å². The van der Waals surface area contributed by atoms with E-state index in [1.807, 2.05) is 19.2 Å². The smallest absolute Gasteiger partial charge is 0.193 e. The lowest BCUT2D eigenvalue weighted by Crippen LogP contribution is -2.38.